The molecule has 3 aromatic rings. The summed E-state index contributed by atoms with van der Waals surface area (Å²) in [6.07, 6.45) is 3.67. The largest absolute Gasteiger partial charge is 0.351 e. The molecule has 12 heteroatoms. The number of hydrogen-bond donors (Lipinski definition) is 1. The molecule has 2 saturated heterocycles. The maximum absolute atomic E-state index is 13.8. The molecule has 39 heavy (non-hydrogen) atoms. The number of non-ortho nitro benzene ring substituents is 2. The molecule has 3 aliphatic heterocycles. The Balaban J connectivity index is 1.39. The van der Waals surface area contributed by atoms with E-state index >= 15 is 0 Å². The van der Waals surface area contributed by atoms with Gasteiger partial charge in [-0.05, 0) is 35.9 Å². The van der Waals surface area contributed by atoms with E-state index in [4.69, 9.17) is 0 Å². The zero-order valence-corrected chi connectivity index (χ0v) is 20.0. The van der Waals surface area contributed by atoms with Crippen molar-refractivity contribution in [1.29, 1.82) is 0 Å². The maximum atomic E-state index is 13.8. The third kappa shape index (κ3) is 3.72. The second-order valence-electron chi connectivity index (χ2n) is 9.39. The molecule has 2 fully saturated rings. The molecule has 0 aromatic heterocycles. The SMILES string of the molecule is O=C(Nc1ccc([N+](=O)[O-])cc1)[C@@H]1[C@H]2C(=O)N(c3ccc([N+](=O)[O-])cc3)C(=O)[C@@H]2[C@H]2C=Cc3ccccc3N21. The summed E-state index contributed by atoms with van der Waals surface area (Å²) in [5, 5.41) is 24.8. The lowest BCUT2D eigenvalue weighted by Gasteiger charge is -2.36. The van der Waals surface area contributed by atoms with E-state index in [0.29, 0.717) is 11.4 Å². The number of carbonyl (C=O) groups excluding carboxylic acids is 3. The molecule has 0 saturated carbocycles. The molecule has 3 heterocycles. The average Bonchev–Trinajstić information content (AvgIpc) is 3.41. The van der Waals surface area contributed by atoms with Crippen molar-refractivity contribution in [1.82, 2.24) is 0 Å². The maximum Gasteiger partial charge on any atom is 0.269 e. The van der Waals surface area contributed by atoms with Crippen LogP contribution in [-0.2, 0) is 14.4 Å². The molecule has 0 radical (unpaired) electrons. The quantitative estimate of drug-likeness (QED) is 0.301. The highest BCUT2D eigenvalue weighted by Gasteiger charge is 2.64. The van der Waals surface area contributed by atoms with E-state index < -0.39 is 51.5 Å². The van der Waals surface area contributed by atoms with E-state index in [1.807, 2.05) is 30.4 Å². The predicted octanol–water partition coefficient (Wildman–Crippen LogP) is 3.53. The van der Waals surface area contributed by atoms with Crippen molar-refractivity contribution in [2.75, 3.05) is 15.1 Å². The Hall–Kier alpha value is -5.39. The van der Waals surface area contributed by atoms with Gasteiger partial charge < -0.3 is 10.2 Å². The van der Waals surface area contributed by atoms with Gasteiger partial charge in [-0.1, -0.05) is 30.4 Å². The number of benzene rings is 3. The summed E-state index contributed by atoms with van der Waals surface area (Å²) < 4.78 is 0. The minimum Gasteiger partial charge on any atom is -0.351 e. The summed E-state index contributed by atoms with van der Waals surface area (Å²) in [4.78, 5) is 65.1. The summed E-state index contributed by atoms with van der Waals surface area (Å²) >= 11 is 0. The molecule has 194 valence electrons. The van der Waals surface area contributed by atoms with Gasteiger partial charge in [-0.15, -0.1) is 0 Å². The van der Waals surface area contributed by atoms with Gasteiger partial charge in [0.15, 0.2) is 0 Å². The van der Waals surface area contributed by atoms with Gasteiger partial charge in [0, 0.05) is 35.6 Å². The fourth-order valence-electron chi connectivity index (χ4n) is 5.67. The fourth-order valence-corrected chi connectivity index (χ4v) is 5.67. The zero-order valence-electron chi connectivity index (χ0n) is 20.0. The minimum absolute atomic E-state index is 0.139. The molecule has 6 rings (SSSR count). The van der Waals surface area contributed by atoms with Crippen LogP contribution in [-0.4, -0.2) is 39.7 Å². The average molecular weight is 525 g/mol. The lowest BCUT2D eigenvalue weighted by Crippen LogP contribution is -2.50. The summed E-state index contributed by atoms with van der Waals surface area (Å²) in [6.45, 7) is 0. The van der Waals surface area contributed by atoms with Crippen LogP contribution < -0.4 is 15.1 Å². The standard InChI is InChI=1S/C27H19N5O7/c33-25(28-16-6-8-18(9-7-16)31(36)37)24-23-22(21-14-5-15-3-1-2-4-20(15)30(21)24)26(34)29(27(23)35)17-10-12-19(13-11-17)32(38)39/h1-14,21-24H,(H,28,33)/t21-,22-,23+,24+/m1/s1. The van der Waals surface area contributed by atoms with Crippen LogP contribution in [0.4, 0.5) is 28.4 Å². The minimum atomic E-state index is -1.07. The van der Waals surface area contributed by atoms with Crippen LogP contribution in [0.2, 0.25) is 0 Å². The molecule has 0 spiro atoms. The highest BCUT2D eigenvalue weighted by Crippen LogP contribution is 2.49. The number of hydrogen-bond acceptors (Lipinski definition) is 8. The van der Waals surface area contributed by atoms with E-state index in [1.165, 1.54) is 48.5 Å². The van der Waals surface area contributed by atoms with Crippen molar-refractivity contribution >= 4 is 52.2 Å². The molecule has 1 N–H and O–H groups in total. The highest BCUT2D eigenvalue weighted by atomic mass is 16.6. The van der Waals surface area contributed by atoms with Crippen LogP contribution in [0.25, 0.3) is 6.08 Å². The van der Waals surface area contributed by atoms with Crippen LogP contribution in [0.15, 0.2) is 78.9 Å². The molecule has 0 aliphatic carbocycles. The van der Waals surface area contributed by atoms with Gasteiger partial charge in [-0.25, -0.2) is 4.90 Å². The lowest BCUT2D eigenvalue weighted by molar-refractivity contribution is -0.385. The summed E-state index contributed by atoms with van der Waals surface area (Å²) in [5.74, 6) is -3.53. The fraction of sp³-hybridized carbons (Fsp3) is 0.148. The van der Waals surface area contributed by atoms with Crippen LogP contribution in [0, 0.1) is 32.1 Å². The number of nitrogens with one attached hydrogen (secondary N) is 1. The Morgan fingerprint density at radius 2 is 1.38 bits per heavy atom. The third-order valence-corrected chi connectivity index (χ3v) is 7.35. The van der Waals surface area contributed by atoms with Gasteiger partial charge >= 0.3 is 0 Å². The number of nitro groups is 2. The van der Waals surface area contributed by atoms with Crippen molar-refractivity contribution in [2.45, 2.75) is 12.1 Å². The second-order valence-corrected chi connectivity index (χ2v) is 9.39. The Bertz CT molecular complexity index is 1580. The summed E-state index contributed by atoms with van der Waals surface area (Å²) in [7, 11) is 0. The molecule has 4 atom stereocenters. The summed E-state index contributed by atoms with van der Waals surface area (Å²) in [5.41, 5.74) is 1.69. The number of imide groups is 1. The number of rotatable bonds is 5. The topological polar surface area (TPSA) is 156 Å². The monoisotopic (exact) mass is 525 g/mol. The van der Waals surface area contributed by atoms with Crippen LogP contribution in [0.1, 0.15) is 5.56 Å². The Morgan fingerprint density at radius 1 is 0.795 bits per heavy atom. The number of amides is 3. The number of nitrogens with zero attached hydrogens (tertiary/aromatic N) is 4. The molecule has 12 nitrogen and oxygen atoms in total. The number of para-hydroxylation sites is 1. The van der Waals surface area contributed by atoms with Gasteiger partial charge in [0.25, 0.3) is 11.4 Å². The third-order valence-electron chi connectivity index (χ3n) is 7.35. The first-order valence-electron chi connectivity index (χ1n) is 12.0. The van der Waals surface area contributed by atoms with Crippen molar-refractivity contribution in [2.24, 2.45) is 11.8 Å². The van der Waals surface area contributed by atoms with Crippen molar-refractivity contribution in [3.63, 3.8) is 0 Å². The summed E-state index contributed by atoms with van der Waals surface area (Å²) in [6, 6.07) is 16.1. The lowest BCUT2D eigenvalue weighted by atomic mass is 9.88. The highest BCUT2D eigenvalue weighted by molar-refractivity contribution is 6.25. The molecule has 3 aromatic carbocycles. The van der Waals surface area contributed by atoms with Gasteiger partial charge in [0.2, 0.25) is 17.7 Å². The molecular formula is C27H19N5O7. The van der Waals surface area contributed by atoms with Gasteiger partial charge in [-0.3, -0.25) is 34.6 Å². The van der Waals surface area contributed by atoms with Crippen LogP contribution in [0.5, 0.6) is 0 Å². The van der Waals surface area contributed by atoms with Crippen molar-refractivity contribution < 1.29 is 24.2 Å². The van der Waals surface area contributed by atoms with E-state index in [0.717, 1.165) is 10.5 Å². The molecule has 0 unspecified atom stereocenters. The number of carbonyl (C=O) groups is 3. The smallest absolute Gasteiger partial charge is 0.269 e. The number of nitro benzene ring substituents is 2. The van der Waals surface area contributed by atoms with Gasteiger partial charge in [0.1, 0.15) is 6.04 Å². The second kappa shape index (κ2) is 8.87. The van der Waals surface area contributed by atoms with Crippen molar-refractivity contribution in [3.05, 3.63) is 105 Å². The first-order valence-corrected chi connectivity index (χ1v) is 12.0. The Morgan fingerprint density at radius 3 is 2.03 bits per heavy atom. The normalized spacial score (nSPS) is 22.8. The Labute approximate surface area is 220 Å². The Kier molecular flexibility index (Phi) is 5.45. The predicted molar refractivity (Wildman–Crippen MR) is 140 cm³/mol. The van der Waals surface area contributed by atoms with E-state index in [9.17, 15) is 34.6 Å². The number of anilines is 3. The first kappa shape index (κ1) is 24.0. The van der Waals surface area contributed by atoms with Crippen LogP contribution >= 0.6 is 0 Å². The molecular weight excluding hydrogens is 506 g/mol. The van der Waals surface area contributed by atoms with Crippen molar-refractivity contribution in [3.8, 4) is 0 Å². The molecule has 3 amide bonds. The van der Waals surface area contributed by atoms with E-state index in [2.05, 4.69) is 5.32 Å². The number of fused-ring (bicyclic) bond motifs is 5. The van der Waals surface area contributed by atoms with E-state index in [-0.39, 0.29) is 17.1 Å². The molecule has 0 bridgehead atoms. The van der Waals surface area contributed by atoms with Gasteiger partial charge in [-0.2, -0.15) is 0 Å². The zero-order chi connectivity index (χ0) is 27.4. The van der Waals surface area contributed by atoms with Gasteiger partial charge in [0.05, 0.1) is 33.4 Å². The molecule has 3 aliphatic rings. The first-order chi connectivity index (χ1) is 18.8. The van der Waals surface area contributed by atoms with Crippen LogP contribution in [0.3, 0.4) is 0 Å². The van der Waals surface area contributed by atoms with E-state index in [1.54, 1.807) is 11.0 Å².